The molecule has 0 saturated carbocycles. The molecule has 2 aromatic carbocycles. The summed E-state index contributed by atoms with van der Waals surface area (Å²) in [6.45, 7) is 2.00. The van der Waals surface area contributed by atoms with Gasteiger partial charge in [-0.1, -0.05) is 23.7 Å². The van der Waals surface area contributed by atoms with Crippen molar-refractivity contribution in [2.45, 2.75) is 17.6 Å². The maximum atomic E-state index is 11.1. The lowest BCUT2D eigenvalue weighted by Crippen LogP contribution is -2.10. The van der Waals surface area contributed by atoms with Crippen LogP contribution in [-0.2, 0) is 5.75 Å². The Bertz CT molecular complexity index is 658. The molecule has 2 rings (SSSR count). The van der Waals surface area contributed by atoms with Gasteiger partial charge in [0.1, 0.15) is 0 Å². The molecule has 3 nitrogen and oxygen atoms in total. The number of aryl methyl sites for hydroxylation is 1. The van der Waals surface area contributed by atoms with E-state index in [2.05, 4.69) is 0 Å². The van der Waals surface area contributed by atoms with Crippen LogP contribution in [0.1, 0.15) is 21.5 Å². The third-order valence-electron chi connectivity index (χ3n) is 2.89. The highest BCUT2D eigenvalue weighted by atomic mass is 35.5. The summed E-state index contributed by atoms with van der Waals surface area (Å²) in [6.07, 6.45) is 0. The second-order valence-electron chi connectivity index (χ2n) is 4.50. The van der Waals surface area contributed by atoms with E-state index in [-0.39, 0.29) is 0 Å². The Kier molecular flexibility index (Phi) is 4.57. The lowest BCUT2D eigenvalue weighted by molar-refractivity contribution is 0.100. The van der Waals surface area contributed by atoms with Gasteiger partial charge in [-0.25, -0.2) is 0 Å². The number of hydrogen-bond donors (Lipinski definition) is 2. The van der Waals surface area contributed by atoms with Crippen LogP contribution in [0.2, 0.25) is 5.02 Å². The molecular weight excluding hydrogens is 292 g/mol. The third-order valence-corrected chi connectivity index (χ3v) is 4.38. The van der Waals surface area contributed by atoms with E-state index in [1.165, 1.54) is 0 Å². The van der Waals surface area contributed by atoms with Crippen LogP contribution >= 0.6 is 23.4 Å². The molecule has 20 heavy (non-hydrogen) atoms. The first-order valence-electron chi connectivity index (χ1n) is 6.04. The number of nitrogens with two attached hydrogens (primary N) is 2. The number of rotatable bonds is 4. The Morgan fingerprint density at radius 3 is 2.60 bits per heavy atom. The molecule has 0 saturated heterocycles. The highest BCUT2D eigenvalue weighted by Crippen LogP contribution is 2.31. The van der Waals surface area contributed by atoms with Gasteiger partial charge in [-0.15, -0.1) is 11.8 Å². The minimum Gasteiger partial charge on any atom is -0.398 e. The third kappa shape index (κ3) is 3.46. The van der Waals surface area contributed by atoms with Crippen LogP contribution in [0.15, 0.2) is 41.3 Å². The van der Waals surface area contributed by atoms with E-state index in [0.29, 0.717) is 16.3 Å². The SMILES string of the molecule is Cc1ccc(SCc2ccc(C(N)=O)cc2Cl)c(N)c1. The van der Waals surface area contributed by atoms with Crippen molar-refractivity contribution in [1.29, 1.82) is 0 Å². The number of hydrogen-bond acceptors (Lipinski definition) is 3. The molecule has 0 aliphatic rings. The Hall–Kier alpha value is -1.65. The molecule has 0 radical (unpaired) electrons. The van der Waals surface area contributed by atoms with Gasteiger partial charge in [0.15, 0.2) is 0 Å². The first-order chi connectivity index (χ1) is 9.47. The summed E-state index contributed by atoms with van der Waals surface area (Å²) < 4.78 is 0. The molecule has 0 atom stereocenters. The van der Waals surface area contributed by atoms with Gasteiger partial charge in [-0.3, -0.25) is 4.79 Å². The normalized spacial score (nSPS) is 10.5. The molecule has 0 heterocycles. The van der Waals surface area contributed by atoms with E-state index < -0.39 is 5.91 Å². The molecule has 0 aliphatic heterocycles. The van der Waals surface area contributed by atoms with Gasteiger partial charge in [-0.05, 0) is 42.3 Å². The van der Waals surface area contributed by atoms with Crippen molar-refractivity contribution >= 4 is 35.0 Å². The standard InChI is InChI=1S/C15H15ClN2OS/c1-9-2-5-14(13(17)6-9)20-8-11-4-3-10(15(18)19)7-12(11)16/h2-7H,8,17H2,1H3,(H2,18,19). The van der Waals surface area contributed by atoms with Crippen molar-refractivity contribution in [2.24, 2.45) is 5.73 Å². The predicted molar refractivity (Wildman–Crippen MR) is 85.1 cm³/mol. The van der Waals surface area contributed by atoms with E-state index >= 15 is 0 Å². The van der Waals surface area contributed by atoms with Gasteiger partial charge in [0.25, 0.3) is 0 Å². The Morgan fingerprint density at radius 1 is 1.25 bits per heavy atom. The molecule has 0 aliphatic carbocycles. The first-order valence-corrected chi connectivity index (χ1v) is 7.41. The lowest BCUT2D eigenvalue weighted by Gasteiger charge is -2.08. The fourth-order valence-corrected chi connectivity index (χ4v) is 3.05. The van der Waals surface area contributed by atoms with E-state index in [1.807, 2.05) is 31.2 Å². The summed E-state index contributed by atoms with van der Waals surface area (Å²) in [4.78, 5) is 12.1. The smallest absolute Gasteiger partial charge is 0.248 e. The second-order valence-corrected chi connectivity index (χ2v) is 5.92. The van der Waals surface area contributed by atoms with Crippen molar-refractivity contribution in [1.82, 2.24) is 0 Å². The van der Waals surface area contributed by atoms with Crippen molar-refractivity contribution in [3.63, 3.8) is 0 Å². The monoisotopic (exact) mass is 306 g/mol. The number of carbonyl (C=O) groups excluding carboxylic acids is 1. The van der Waals surface area contributed by atoms with Crippen LogP contribution in [0, 0.1) is 6.92 Å². The van der Waals surface area contributed by atoms with Crippen molar-refractivity contribution in [3.05, 3.63) is 58.1 Å². The van der Waals surface area contributed by atoms with Crippen molar-refractivity contribution < 1.29 is 4.79 Å². The molecule has 0 fully saturated rings. The maximum Gasteiger partial charge on any atom is 0.248 e. The summed E-state index contributed by atoms with van der Waals surface area (Å²) in [5.41, 5.74) is 14.4. The fraction of sp³-hybridized carbons (Fsp3) is 0.133. The molecule has 0 unspecified atom stereocenters. The molecule has 4 N–H and O–H groups in total. The molecule has 2 aromatic rings. The van der Waals surface area contributed by atoms with Crippen LogP contribution in [0.5, 0.6) is 0 Å². The Labute approximate surface area is 127 Å². The average Bonchev–Trinajstić information content (AvgIpc) is 2.38. The molecule has 104 valence electrons. The van der Waals surface area contributed by atoms with Crippen molar-refractivity contribution in [3.8, 4) is 0 Å². The molecule has 0 bridgehead atoms. The molecule has 0 aromatic heterocycles. The predicted octanol–water partition coefficient (Wildman–Crippen LogP) is 3.62. The second kappa shape index (κ2) is 6.20. The summed E-state index contributed by atoms with van der Waals surface area (Å²) in [6, 6.07) is 11.1. The quantitative estimate of drug-likeness (QED) is 0.669. The number of nitrogen functional groups attached to an aromatic ring is 1. The fourth-order valence-electron chi connectivity index (χ4n) is 1.77. The minimum absolute atomic E-state index is 0.415. The summed E-state index contributed by atoms with van der Waals surface area (Å²) in [7, 11) is 0. The zero-order chi connectivity index (χ0) is 14.7. The first kappa shape index (κ1) is 14.8. The van der Waals surface area contributed by atoms with Crippen LogP contribution in [-0.4, -0.2) is 5.91 Å². The van der Waals surface area contributed by atoms with Crippen LogP contribution in [0.4, 0.5) is 5.69 Å². The van der Waals surface area contributed by atoms with Gasteiger partial charge in [0, 0.05) is 26.9 Å². The number of halogens is 1. The molecule has 0 spiro atoms. The highest BCUT2D eigenvalue weighted by molar-refractivity contribution is 7.98. The summed E-state index contributed by atoms with van der Waals surface area (Å²) in [5, 5.41) is 0.541. The highest BCUT2D eigenvalue weighted by Gasteiger charge is 2.07. The van der Waals surface area contributed by atoms with Crippen LogP contribution in [0.3, 0.4) is 0 Å². The largest absolute Gasteiger partial charge is 0.398 e. The number of primary amides is 1. The van der Waals surface area contributed by atoms with Gasteiger partial charge in [0.2, 0.25) is 5.91 Å². The Morgan fingerprint density at radius 2 is 2.00 bits per heavy atom. The lowest BCUT2D eigenvalue weighted by atomic mass is 10.1. The summed E-state index contributed by atoms with van der Waals surface area (Å²) >= 11 is 7.76. The van der Waals surface area contributed by atoms with Crippen LogP contribution in [0.25, 0.3) is 0 Å². The van der Waals surface area contributed by atoms with Crippen LogP contribution < -0.4 is 11.5 Å². The van der Waals surface area contributed by atoms with E-state index in [0.717, 1.165) is 21.7 Å². The number of thioether (sulfide) groups is 1. The van der Waals surface area contributed by atoms with Gasteiger partial charge >= 0.3 is 0 Å². The number of amides is 1. The van der Waals surface area contributed by atoms with E-state index in [1.54, 1.807) is 23.9 Å². The van der Waals surface area contributed by atoms with E-state index in [4.69, 9.17) is 23.1 Å². The number of benzene rings is 2. The van der Waals surface area contributed by atoms with Gasteiger partial charge < -0.3 is 11.5 Å². The molecular formula is C15H15ClN2OS. The number of anilines is 1. The Balaban J connectivity index is 2.13. The van der Waals surface area contributed by atoms with Gasteiger partial charge in [-0.2, -0.15) is 0 Å². The minimum atomic E-state index is -0.478. The zero-order valence-corrected chi connectivity index (χ0v) is 12.6. The van der Waals surface area contributed by atoms with Crippen molar-refractivity contribution in [2.75, 3.05) is 5.73 Å². The summed E-state index contributed by atoms with van der Waals surface area (Å²) in [5.74, 6) is 0.208. The molecule has 5 heteroatoms. The van der Waals surface area contributed by atoms with E-state index in [9.17, 15) is 4.79 Å². The maximum absolute atomic E-state index is 11.1. The number of carbonyl (C=O) groups is 1. The zero-order valence-electron chi connectivity index (χ0n) is 11.0. The average molecular weight is 307 g/mol. The van der Waals surface area contributed by atoms with Gasteiger partial charge in [0.05, 0.1) is 0 Å². The topological polar surface area (TPSA) is 69.1 Å². The molecule has 1 amide bonds.